The van der Waals surface area contributed by atoms with E-state index in [0.717, 1.165) is 83.5 Å². The second-order valence-corrected chi connectivity index (χ2v) is 15.7. The number of hydrogen-bond acceptors (Lipinski definition) is 4. The molecule has 0 spiro atoms. The number of carbonyl (C=O) groups is 3. The second kappa shape index (κ2) is 42.6. The normalized spacial score (nSPS) is 12.2. The first-order valence-electron chi connectivity index (χ1n) is 23.0. The van der Waals surface area contributed by atoms with Crippen LogP contribution < -0.4 is 5.32 Å². The first-order chi connectivity index (χ1) is 26.0. The Bertz CT molecular complexity index is 869. The number of allylic oxidation sites excluding steroid dienone is 4. The lowest BCUT2D eigenvalue weighted by Gasteiger charge is -2.18. The molecular formula is C47H87NO5. The van der Waals surface area contributed by atoms with Crippen molar-refractivity contribution in [2.24, 2.45) is 0 Å². The van der Waals surface area contributed by atoms with E-state index in [2.05, 4.69) is 43.5 Å². The van der Waals surface area contributed by atoms with Crippen molar-refractivity contribution in [1.29, 1.82) is 0 Å². The number of carboxylic acid groups (broad SMARTS) is 1. The highest BCUT2D eigenvalue weighted by molar-refractivity contribution is 5.80. The van der Waals surface area contributed by atoms with Gasteiger partial charge in [0.05, 0.1) is 0 Å². The smallest absolute Gasteiger partial charge is 0.322 e. The summed E-state index contributed by atoms with van der Waals surface area (Å²) >= 11 is 0. The summed E-state index contributed by atoms with van der Waals surface area (Å²) in [5, 5.41) is 11.1. The number of carbonyl (C=O) groups excluding carboxylic acids is 2. The van der Waals surface area contributed by atoms with Crippen molar-refractivity contribution < 1.29 is 24.2 Å². The van der Waals surface area contributed by atoms with Crippen LogP contribution in [0.1, 0.15) is 245 Å². The minimum Gasteiger partial charge on any atom is -0.480 e. The molecule has 0 aromatic heterocycles. The zero-order chi connectivity index (χ0) is 38.7. The molecule has 1 atom stereocenters. The maximum absolute atomic E-state index is 12.8. The highest BCUT2D eigenvalue weighted by Crippen LogP contribution is 2.19. The highest BCUT2D eigenvalue weighted by atomic mass is 16.5. The summed E-state index contributed by atoms with van der Waals surface area (Å²) in [6.45, 7) is 4.23. The molecule has 2 N–H and O–H groups in total. The van der Waals surface area contributed by atoms with Crippen LogP contribution in [0.25, 0.3) is 0 Å². The van der Waals surface area contributed by atoms with E-state index < -0.39 is 5.97 Å². The van der Waals surface area contributed by atoms with Crippen molar-refractivity contribution in [3.05, 3.63) is 24.3 Å². The molecule has 310 valence electrons. The van der Waals surface area contributed by atoms with Crippen LogP contribution in [0.5, 0.6) is 0 Å². The number of aliphatic carboxylic acids is 1. The Kier molecular flexibility index (Phi) is 40.9. The van der Waals surface area contributed by atoms with E-state index in [1.54, 1.807) is 0 Å². The van der Waals surface area contributed by atoms with Gasteiger partial charge in [-0.3, -0.25) is 14.4 Å². The molecule has 53 heavy (non-hydrogen) atoms. The molecule has 0 aromatic carbocycles. The number of rotatable bonds is 42. The molecular weight excluding hydrogens is 659 g/mol. The minimum atomic E-state index is -1.02. The SMILES string of the molecule is CCCCCCC/C=C\C/C=C\CCCCCC(CCCCCCCC(=O)NCC(=O)O)OC(=O)CCCCCCCCCCCCCCCCCC. The lowest BCUT2D eigenvalue weighted by atomic mass is 10.0. The second-order valence-electron chi connectivity index (χ2n) is 15.7. The average Bonchev–Trinajstić information content (AvgIpc) is 3.14. The first-order valence-corrected chi connectivity index (χ1v) is 23.0. The predicted octanol–water partition coefficient (Wildman–Crippen LogP) is 14.3. The van der Waals surface area contributed by atoms with Gasteiger partial charge in [0.25, 0.3) is 0 Å². The number of amides is 1. The minimum absolute atomic E-state index is 0.00741. The summed E-state index contributed by atoms with van der Waals surface area (Å²) in [6, 6.07) is 0. The summed E-state index contributed by atoms with van der Waals surface area (Å²) in [6.07, 6.45) is 51.6. The van der Waals surface area contributed by atoms with Crippen molar-refractivity contribution in [2.45, 2.75) is 251 Å². The maximum Gasteiger partial charge on any atom is 0.322 e. The molecule has 0 aromatic rings. The van der Waals surface area contributed by atoms with E-state index in [9.17, 15) is 14.4 Å². The summed E-state index contributed by atoms with van der Waals surface area (Å²) < 4.78 is 6.04. The number of nitrogens with one attached hydrogen (secondary N) is 1. The van der Waals surface area contributed by atoms with Gasteiger partial charge < -0.3 is 15.2 Å². The number of carboxylic acids is 1. The average molecular weight is 746 g/mol. The molecule has 0 aliphatic heterocycles. The topological polar surface area (TPSA) is 92.7 Å². The molecule has 6 heteroatoms. The summed E-state index contributed by atoms with van der Waals surface area (Å²) in [7, 11) is 0. The van der Waals surface area contributed by atoms with Crippen LogP contribution in [0.4, 0.5) is 0 Å². The zero-order valence-corrected chi connectivity index (χ0v) is 35.1. The standard InChI is InChI=1S/C47H87NO5/c1-3-5-7-9-11-13-15-17-19-21-23-25-27-29-34-38-42-47(52)53-44(40-36-32-30-33-37-41-45(49)48-43-46(50)51)39-35-31-28-26-24-22-20-18-16-14-12-10-8-6-4-2/h16,18,22,24,44H,3-15,17,19-21,23,25-43H2,1-2H3,(H,48,49)(H,50,51)/b18-16-,24-22-. The molecule has 0 bridgehead atoms. The summed E-state index contributed by atoms with van der Waals surface area (Å²) in [5.41, 5.74) is 0. The number of hydrogen-bond donors (Lipinski definition) is 2. The lowest BCUT2D eigenvalue weighted by molar-refractivity contribution is -0.150. The molecule has 0 aliphatic rings. The van der Waals surface area contributed by atoms with Gasteiger partial charge in [0, 0.05) is 12.8 Å². The van der Waals surface area contributed by atoms with Crippen molar-refractivity contribution in [3.63, 3.8) is 0 Å². The van der Waals surface area contributed by atoms with Crippen LogP contribution in [0.15, 0.2) is 24.3 Å². The van der Waals surface area contributed by atoms with Gasteiger partial charge >= 0.3 is 11.9 Å². The number of esters is 1. The monoisotopic (exact) mass is 746 g/mol. The first kappa shape index (κ1) is 50.9. The molecule has 1 unspecified atom stereocenters. The molecule has 0 saturated carbocycles. The third-order valence-corrected chi connectivity index (χ3v) is 10.4. The van der Waals surface area contributed by atoms with Crippen LogP contribution in [0.2, 0.25) is 0 Å². The van der Waals surface area contributed by atoms with E-state index in [1.165, 1.54) is 135 Å². The van der Waals surface area contributed by atoms with Gasteiger partial charge in [0.2, 0.25) is 5.91 Å². The Hall–Kier alpha value is -2.11. The molecule has 6 nitrogen and oxygen atoms in total. The molecule has 1 amide bonds. The van der Waals surface area contributed by atoms with E-state index in [-0.39, 0.29) is 24.5 Å². The summed E-state index contributed by atoms with van der Waals surface area (Å²) in [5.74, 6) is -1.23. The quantitative estimate of drug-likeness (QED) is 0.0369. The Morgan fingerprint density at radius 3 is 1.32 bits per heavy atom. The van der Waals surface area contributed by atoms with Crippen LogP contribution in [0, 0.1) is 0 Å². The largest absolute Gasteiger partial charge is 0.480 e. The zero-order valence-electron chi connectivity index (χ0n) is 35.1. The maximum atomic E-state index is 12.8. The van der Waals surface area contributed by atoms with Crippen LogP contribution in [-0.2, 0) is 19.1 Å². The van der Waals surface area contributed by atoms with Crippen LogP contribution in [0.3, 0.4) is 0 Å². The molecule has 0 radical (unpaired) electrons. The molecule has 0 heterocycles. The van der Waals surface area contributed by atoms with Gasteiger partial charge in [-0.15, -0.1) is 0 Å². The van der Waals surface area contributed by atoms with Crippen molar-refractivity contribution in [3.8, 4) is 0 Å². The van der Waals surface area contributed by atoms with Gasteiger partial charge in [0.15, 0.2) is 0 Å². The fraction of sp³-hybridized carbons (Fsp3) is 0.851. The van der Waals surface area contributed by atoms with Gasteiger partial charge in [-0.05, 0) is 70.6 Å². The van der Waals surface area contributed by atoms with Crippen LogP contribution in [-0.4, -0.2) is 35.6 Å². The van der Waals surface area contributed by atoms with Crippen molar-refractivity contribution in [2.75, 3.05) is 6.54 Å². The Morgan fingerprint density at radius 1 is 0.491 bits per heavy atom. The lowest BCUT2D eigenvalue weighted by Crippen LogP contribution is -2.28. The number of unbranched alkanes of at least 4 members (excludes halogenated alkanes) is 27. The third-order valence-electron chi connectivity index (χ3n) is 10.4. The predicted molar refractivity (Wildman–Crippen MR) is 226 cm³/mol. The van der Waals surface area contributed by atoms with Crippen LogP contribution >= 0.6 is 0 Å². The highest BCUT2D eigenvalue weighted by Gasteiger charge is 2.14. The Balaban J connectivity index is 4.18. The van der Waals surface area contributed by atoms with Gasteiger partial charge in [-0.25, -0.2) is 0 Å². The Morgan fingerprint density at radius 2 is 0.868 bits per heavy atom. The van der Waals surface area contributed by atoms with Gasteiger partial charge in [0.1, 0.15) is 12.6 Å². The molecule has 0 aliphatic carbocycles. The molecule has 0 saturated heterocycles. The summed E-state index contributed by atoms with van der Waals surface area (Å²) in [4.78, 5) is 35.1. The van der Waals surface area contributed by atoms with E-state index in [4.69, 9.17) is 9.84 Å². The van der Waals surface area contributed by atoms with Crippen molar-refractivity contribution >= 4 is 17.8 Å². The van der Waals surface area contributed by atoms with E-state index in [1.807, 2.05) is 0 Å². The molecule has 0 rings (SSSR count). The number of ether oxygens (including phenoxy) is 1. The van der Waals surface area contributed by atoms with E-state index in [0.29, 0.717) is 12.8 Å². The fourth-order valence-electron chi connectivity index (χ4n) is 6.96. The third kappa shape index (κ3) is 42.5. The van der Waals surface area contributed by atoms with Crippen molar-refractivity contribution in [1.82, 2.24) is 5.32 Å². The van der Waals surface area contributed by atoms with Gasteiger partial charge in [-0.1, -0.05) is 186 Å². The van der Waals surface area contributed by atoms with E-state index >= 15 is 0 Å². The Labute approximate surface area is 328 Å². The van der Waals surface area contributed by atoms with Gasteiger partial charge in [-0.2, -0.15) is 0 Å². The molecule has 0 fully saturated rings. The fourth-order valence-corrected chi connectivity index (χ4v) is 6.96.